The molecule has 0 saturated carbocycles. The van der Waals surface area contributed by atoms with Crippen LogP contribution < -0.4 is 16.2 Å². The molecule has 1 aromatic heterocycles. The van der Waals surface area contributed by atoms with Gasteiger partial charge in [0.2, 0.25) is 11.8 Å². The van der Waals surface area contributed by atoms with E-state index in [0.29, 0.717) is 17.0 Å². The molecule has 0 fully saturated rings. The van der Waals surface area contributed by atoms with Crippen LogP contribution in [0.1, 0.15) is 65.9 Å². The highest BCUT2D eigenvalue weighted by Crippen LogP contribution is 2.28. The van der Waals surface area contributed by atoms with Crippen molar-refractivity contribution in [2.45, 2.75) is 45.8 Å². The molecule has 3 aromatic carbocycles. The summed E-state index contributed by atoms with van der Waals surface area (Å²) in [5.41, 5.74) is 16.4. The first-order chi connectivity index (χ1) is 21.1. The van der Waals surface area contributed by atoms with Crippen LogP contribution in [-0.4, -0.2) is 50.8 Å². The zero-order valence-electron chi connectivity index (χ0n) is 27.4. The topological polar surface area (TPSA) is 165 Å². The molecule has 4 rings (SSSR count). The van der Waals surface area contributed by atoms with Gasteiger partial charge < -0.3 is 31.2 Å². The molecule has 1 heterocycles. The van der Waals surface area contributed by atoms with E-state index in [1.54, 1.807) is 25.3 Å². The second-order valence-electron chi connectivity index (χ2n) is 10.2. The quantitative estimate of drug-likeness (QED) is 0.178. The molecule has 0 saturated heterocycles. The maximum absolute atomic E-state index is 14.1. The number of carboxylic acids is 1. The zero-order chi connectivity index (χ0) is 33.1. The minimum atomic E-state index is -2.85. The number of halogens is 2. The summed E-state index contributed by atoms with van der Waals surface area (Å²) >= 11 is 0. The largest absolute Gasteiger partial charge is 0.496 e. The number of nitrogens with two attached hydrogens (primary N) is 2. The Bertz CT molecular complexity index is 1710. The van der Waals surface area contributed by atoms with E-state index >= 15 is 0 Å². The van der Waals surface area contributed by atoms with Crippen molar-refractivity contribution in [3.8, 4) is 17.0 Å². The van der Waals surface area contributed by atoms with E-state index in [1.165, 1.54) is 23.1 Å². The molecule has 12 heteroatoms. The second kappa shape index (κ2) is 15.4. The summed E-state index contributed by atoms with van der Waals surface area (Å²) in [6.45, 7) is 5.34. The van der Waals surface area contributed by atoms with E-state index in [9.17, 15) is 19.5 Å². The number of amides is 2. The van der Waals surface area contributed by atoms with Gasteiger partial charge in [-0.2, -0.15) is 0 Å². The summed E-state index contributed by atoms with van der Waals surface area (Å²) in [5.74, 6) is -2.22. The van der Waals surface area contributed by atoms with Crippen LogP contribution in [0.5, 0.6) is 5.75 Å². The Labute approximate surface area is 272 Å². The van der Waals surface area contributed by atoms with Gasteiger partial charge in [0, 0.05) is 12.1 Å². The van der Waals surface area contributed by atoms with E-state index in [1.807, 2.05) is 44.2 Å². The van der Waals surface area contributed by atoms with E-state index < -0.39 is 36.9 Å². The van der Waals surface area contributed by atoms with Gasteiger partial charge in [-0.25, -0.2) is 9.78 Å². The number of aromatic carboxylic acids is 1. The number of aryl methyl sites for hydroxylation is 2. The lowest BCUT2D eigenvalue weighted by atomic mass is 9.93. The lowest BCUT2D eigenvalue weighted by Gasteiger charge is -2.31. The number of carboxylic acid groups (broad SMARTS) is 1. The molecule has 44 heavy (non-hydrogen) atoms. The van der Waals surface area contributed by atoms with Crippen molar-refractivity contribution < 1.29 is 28.3 Å². The average Bonchev–Trinajstić information content (AvgIpc) is 3.47. The molecule has 2 amide bonds. The minimum absolute atomic E-state index is 0. The van der Waals surface area contributed by atoms with E-state index in [0.717, 1.165) is 27.9 Å². The number of rotatable bonds is 11. The summed E-state index contributed by atoms with van der Waals surface area (Å²) < 4.78 is 27.0. The number of H-pyrrole nitrogens is 1. The number of aromatic amines is 1. The third kappa shape index (κ3) is 7.96. The normalized spacial score (nSPS) is 13.1. The first kappa shape index (κ1) is 31.1. The van der Waals surface area contributed by atoms with Gasteiger partial charge in [0.1, 0.15) is 17.1 Å². The number of nitrogens with zero attached hydrogens (tertiary/aromatic N) is 2. The molecule has 0 bridgehead atoms. The number of carbonyl (C=O) groups is 3. The van der Waals surface area contributed by atoms with E-state index in [4.69, 9.17) is 20.3 Å². The molecule has 4 aromatic rings. The highest BCUT2D eigenvalue weighted by molar-refractivity contribution is 5.93. The first-order valence-corrected chi connectivity index (χ1v) is 13.3. The summed E-state index contributed by atoms with van der Waals surface area (Å²) in [7, 11) is -2.85. The van der Waals surface area contributed by atoms with Gasteiger partial charge in [0.15, 0.2) is 0 Å². The average molecular weight is 646 g/mol. The Morgan fingerprint density at radius 2 is 1.73 bits per heavy atom. The number of hydrogen-bond acceptors (Lipinski definition) is 6. The highest BCUT2D eigenvalue weighted by atomic mass is 35.5. The molecular formula is C32H37Cl2N5O5. The number of ether oxygens (including phenoxy) is 1. The molecule has 0 aliphatic heterocycles. The summed E-state index contributed by atoms with van der Waals surface area (Å²) in [6.07, 6.45) is 1.83. The maximum Gasteiger partial charge on any atom is 0.339 e. The summed E-state index contributed by atoms with van der Waals surface area (Å²) in [5, 5.41) is 9.78. The third-order valence-electron chi connectivity index (χ3n) is 7.29. The summed E-state index contributed by atoms with van der Waals surface area (Å²) in [4.78, 5) is 47.1. The molecule has 6 N–H and O–H groups in total. The zero-order valence-corrected chi connectivity index (χ0v) is 26.0. The fourth-order valence-electron chi connectivity index (χ4n) is 4.97. The van der Waals surface area contributed by atoms with Gasteiger partial charge in [-0.05, 0) is 79.3 Å². The molecule has 10 nitrogen and oxygen atoms in total. The van der Waals surface area contributed by atoms with Crippen LogP contribution in [0.2, 0.25) is 0 Å². The van der Waals surface area contributed by atoms with Crippen LogP contribution in [0.25, 0.3) is 11.3 Å². The summed E-state index contributed by atoms with van der Waals surface area (Å²) in [6, 6.07) is 15.2. The standard InChI is InChI=1S/C32H35N5O5.2ClH/c1-18-12-23(29(34)38)13-19(2)24(18)15-26(33)31(39)37(17-21-10-11-28(42-4)25(14-21)32(40)41)20(3)30-35-16-27(36-30)22-8-6-5-7-9-22;;/h5-14,16,20,26H,15,17,33H2,1-4H3,(H2,34,38)(H,35,36)(H,40,41);2*1H/t20-,26-;;/m0../s1/i4D3;;. The SMILES string of the molecule is Cl.Cl.[2H]C([2H])([2H])Oc1ccc(CN(C(=O)[C@@H](N)Cc2c(C)cc(C(N)=O)cc2C)[C@@H](C)c2ncc(-c3ccccc3)[nH]2)cc1C(=O)O. The molecule has 234 valence electrons. The van der Waals surface area contributed by atoms with Crippen molar-refractivity contribution in [1.82, 2.24) is 14.9 Å². The van der Waals surface area contributed by atoms with E-state index in [-0.39, 0.29) is 49.1 Å². The van der Waals surface area contributed by atoms with Crippen molar-refractivity contribution in [3.05, 3.63) is 106 Å². The van der Waals surface area contributed by atoms with Crippen LogP contribution >= 0.6 is 24.8 Å². The van der Waals surface area contributed by atoms with Gasteiger partial charge in [0.25, 0.3) is 0 Å². The fourth-order valence-corrected chi connectivity index (χ4v) is 4.97. The molecule has 0 aliphatic carbocycles. The number of primary amides is 1. The molecule has 0 unspecified atom stereocenters. The number of benzene rings is 3. The number of nitrogens with one attached hydrogen (secondary N) is 1. The van der Waals surface area contributed by atoms with Crippen molar-refractivity contribution in [2.24, 2.45) is 11.5 Å². The number of methoxy groups -OCH3 is 1. The number of carbonyl (C=O) groups excluding carboxylic acids is 2. The predicted molar refractivity (Wildman–Crippen MR) is 174 cm³/mol. The number of aromatic nitrogens is 2. The first-order valence-electron chi connectivity index (χ1n) is 14.8. The fraction of sp³-hybridized carbons (Fsp3) is 0.250. The van der Waals surface area contributed by atoms with Crippen LogP contribution in [-0.2, 0) is 17.8 Å². The molecular weight excluding hydrogens is 605 g/mol. The lowest BCUT2D eigenvalue weighted by molar-refractivity contribution is -0.135. The Balaban J connectivity index is 0.00000384. The van der Waals surface area contributed by atoms with Gasteiger partial charge in [-0.1, -0.05) is 36.4 Å². The van der Waals surface area contributed by atoms with Gasteiger partial charge in [-0.3, -0.25) is 9.59 Å². The van der Waals surface area contributed by atoms with Crippen LogP contribution in [0.4, 0.5) is 0 Å². The second-order valence-corrected chi connectivity index (χ2v) is 10.2. The van der Waals surface area contributed by atoms with Crippen molar-refractivity contribution in [1.29, 1.82) is 0 Å². The molecule has 0 radical (unpaired) electrons. The van der Waals surface area contributed by atoms with Gasteiger partial charge in [-0.15, -0.1) is 24.8 Å². The Morgan fingerprint density at radius 3 is 2.32 bits per heavy atom. The minimum Gasteiger partial charge on any atom is -0.496 e. The maximum atomic E-state index is 14.1. The molecule has 0 aliphatic rings. The van der Waals surface area contributed by atoms with Crippen molar-refractivity contribution in [2.75, 3.05) is 7.04 Å². The molecule has 0 spiro atoms. The number of imidazole rings is 1. The predicted octanol–water partition coefficient (Wildman–Crippen LogP) is 5.00. The highest BCUT2D eigenvalue weighted by Gasteiger charge is 2.29. The third-order valence-corrected chi connectivity index (χ3v) is 7.29. The van der Waals surface area contributed by atoms with Crippen molar-refractivity contribution in [3.63, 3.8) is 0 Å². The van der Waals surface area contributed by atoms with Crippen LogP contribution in [0, 0.1) is 13.8 Å². The van der Waals surface area contributed by atoms with Crippen LogP contribution in [0.15, 0.2) is 66.9 Å². The van der Waals surface area contributed by atoms with Gasteiger partial charge in [0.05, 0.1) is 35.1 Å². The van der Waals surface area contributed by atoms with Crippen molar-refractivity contribution >= 4 is 42.6 Å². The number of hydrogen-bond donors (Lipinski definition) is 4. The smallest absolute Gasteiger partial charge is 0.339 e. The Kier molecular flexibility index (Phi) is 10.9. The monoisotopic (exact) mass is 644 g/mol. The molecule has 2 atom stereocenters. The van der Waals surface area contributed by atoms with Crippen LogP contribution in [0.3, 0.4) is 0 Å². The van der Waals surface area contributed by atoms with Gasteiger partial charge >= 0.3 is 5.97 Å². The Hall–Kier alpha value is -4.38. The Morgan fingerprint density at radius 1 is 1.07 bits per heavy atom. The lowest BCUT2D eigenvalue weighted by Crippen LogP contribution is -2.46. The van der Waals surface area contributed by atoms with E-state index in [2.05, 4.69) is 9.97 Å².